The lowest BCUT2D eigenvalue weighted by Gasteiger charge is -2.20. The van der Waals surface area contributed by atoms with Crippen molar-refractivity contribution in [3.05, 3.63) is 33.3 Å². The van der Waals surface area contributed by atoms with Crippen molar-refractivity contribution in [2.45, 2.75) is 19.1 Å². The van der Waals surface area contributed by atoms with Gasteiger partial charge in [0.2, 0.25) is 0 Å². The van der Waals surface area contributed by atoms with Gasteiger partial charge in [0, 0.05) is 22.6 Å². The molecule has 16 heavy (non-hydrogen) atoms. The molecule has 1 aromatic rings. The second-order valence-electron chi connectivity index (χ2n) is 3.99. The number of halogens is 2. The second kappa shape index (κ2) is 5.98. The van der Waals surface area contributed by atoms with Crippen LogP contribution in [0.5, 0.6) is 0 Å². The summed E-state index contributed by atoms with van der Waals surface area (Å²) in [6, 6.07) is 5.60. The molecule has 0 bridgehead atoms. The van der Waals surface area contributed by atoms with Crippen LogP contribution in [-0.2, 0) is 6.54 Å². The lowest BCUT2D eigenvalue weighted by Crippen LogP contribution is -2.40. The summed E-state index contributed by atoms with van der Waals surface area (Å²) >= 11 is 9.37. The molecule has 0 saturated carbocycles. The molecule has 0 aromatic heterocycles. The molecule has 1 aromatic carbocycles. The van der Waals surface area contributed by atoms with Gasteiger partial charge in [-0.2, -0.15) is 0 Å². The molecule has 5 heteroatoms. The fraction of sp³-hybridized carbons (Fsp3) is 0.455. The Morgan fingerprint density at radius 1 is 1.50 bits per heavy atom. The van der Waals surface area contributed by atoms with Crippen molar-refractivity contribution in [3.8, 4) is 0 Å². The topological polar surface area (TPSA) is 52.5 Å². The first kappa shape index (κ1) is 13.9. The number of rotatable bonds is 5. The smallest absolute Gasteiger partial charge is 0.0972 e. The Morgan fingerprint density at radius 3 is 2.81 bits per heavy atom. The Hall–Kier alpha value is -0.130. The van der Waals surface area contributed by atoms with Crippen molar-refractivity contribution in [2.75, 3.05) is 13.2 Å². The third-order valence-corrected chi connectivity index (χ3v) is 3.03. The third kappa shape index (κ3) is 4.39. The highest BCUT2D eigenvalue weighted by atomic mass is 79.9. The molecule has 0 aliphatic rings. The standard InChI is InChI=1S/C11H15BrClNO2/c1-11(16,7-15)6-14-5-8-4-9(12)2-3-10(8)13/h2-4,14-16H,5-7H2,1H3. The minimum Gasteiger partial charge on any atom is -0.393 e. The summed E-state index contributed by atoms with van der Waals surface area (Å²) in [6.45, 7) is 2.16. The van der Waals surface area contributed by atoms with Crippen LogP contribution in [0.15, 0.2) is 22.7 Å². The number of benzene rings is 1. The molecule has 1 atom stereocenters. The molecule has 0 heterocycles. The number of hydrogen-bond donors (Lipinski definition) is 3. The quantitative estimate of drug-likeness (QED) is 0.779. The summed E-state index contributed by atoms with van der Waals surface area (Å²) < 4.78 is 0.961. The summed E-state index contributed by atoms with van der Waals surface area (Å²) in [4.78, 5) is 0. The Bertz CT molecular complexity index is 358. The molecule has 0 radical (unpaired) electrons. The second-order valence-corrected chi connectivity index (χ2v) is 5.32. The van der Waals surface area contributed by atoms with E-state index in [1.54, 1.807) is 6.92 Å². The molecule has 1 rings (SSSR count). The van der Waals surface area contributed by atoms with E-state index in [1.807, 2.05) is 18.2 Å². The summed E-state index contributed by atoms with van der Waals surface area (Å²) in [6.07, 6.45) is 0. The maximum Gasteiger partial charge on any atom is 0.0972 e. The fourth-order valence-corrected chi connectivity index (χ4v) is 1.79. The van der Waals surface area contributed by atoms with Crippen molar-refractivity contribution in [1.29, 1.82) is 0 Å². The first-order chi connectivity index (χ1) is 7.44. The summed E-state index contributed by atoms with van der Waals surface area (Å²) in [5, 5.41) is 22.2. The van der Waals surface area contributed by atoms with Gasteiger partial charge in [-0.25, -0.2) is 0 Å². The monoisotopic (exact) mass is 307 g/mol. The van der Waals surface area contributed by atoms with Crippen LogP contribution in [0, 0.1) is 0 Å². The first-order valence-corrected chi connectivity index (χ1v) is 6.09. The van der Waals surface area contributed by atoms with Gasteiger partial charge < -0.3 is 15.5 Å². The van der Waals surface area contributed by atoms with Crippen LogP contribution < -0.4 is 5.32 Å². The van der Waals surface area contributed by atoms with Crippen molar-refractivity contribution >= 4 is 27.5 Å². The molecule has 0 amide bonds. The maximum atomic E-state index is 9.57. The summed E-state index contributed by atoms with van der Waals surface area (Å²) in [5.74, 6) is 0. The van der Waals surface area contributed by atoms with E-state index < -0.39 is 5.60 Å². The predicted molar refractivity (Wildman–Crippen MR) is 68.6 cm³/mol. The summed E-state index contributed by atoms with van der Waals surface area (Å²) in [7, 11) is 0. The zero-order valence-corrected chi connectivity index (χ0v) is 11.3. The van der Waals surface area contributed by atoms with Gasteiger partial charge in [-0.05, 0) is 30.7 Å². The molecule has 90 valence electrons. The minimum atomic E-state index is -1.10. The Labute approximate surface area is 109 Å². The number of aliphatic hydroxyl groups excluding tert-OH is 1. The van der Waals surface area contributed by atoms with E-state index >= 15 is 0 Å². The van der Waals surface area contributed by atoms with Gasteiger partial charge in [0.05, 0.1) is 12.2 Å². The Morgan fingerprint density at radius 2 is 2.19 bits per heavy atom. The third-order valence-electron chi connectivity index (χ3n) is 2.17. The molecular weight excluding hydrogens is 293 g/mol. The minimum absolute atomic E-state index is 0.272. The van der Waals surface area contributed by atoms with Crippen molar-refractivity contribution in [3.63, 3.8) is 0 Å². The average molecular weight is 309 g/mol. The van der Waals surface area contributed by atoms with Gasteiger partial charge in [-0.1, -0.05) is 27.5 Å². The highest BCUT2D eigenvalue weighted by Crippen LogP contribution is 2.20. The zero-order valence-electron chi connectivity index (χ0n) is 9.00. The van der Waals surface area contributed by atoms with E-state index in [0.29, 0.717) is 18.1 Å². The Kier molecular flexibility index (Phi) is 5.21. The van der Waals surface area contributed by atoms with Crippen LogP contribution in [0.25, 0.3) is 0 Å². The van der Waals surface area contributed by atoms with Gasteiger partial charge in [-0.3, -0.25) is 0 Å². The van der Waals surface area contributed by atoms with Crippen LogP contribution in [-0.4, -0.2) is 29.0 Å². The van der Waals surface area contributed by atoms with E-state index in [2.05, 4.69) is 21.2 Å². The molecule has 3 nitrogen and oxygen atoms in total. The molecule has 0 aliphatic heterocycles. The van der Waals surface area contributed by atoms with E-state index in [-0.39, 0.29) is 6.61 Å². The van der Waals surface area contributed by atoms with E-state index in [9.17, 15) is 5.11 Å². The molecule has 0 aliphatic carbocycles. The molecular formula is C11H15BrClNO2. The van der Waals surface area contributed by atoms with Crippen molar-refractivity contribution < 1.29 is 10.2 Å². The van der Waals surface area contributed by atoms with Gasteiger partial charge in [0.25, 0.3) is 0 Å². The summed E-state index contributed by atoms with van der Waals surface area (Å²) in [5.41, 5.74) is -0.150. The van der Waals surface area contributed by atoms with E-state index in [0.717, 1.165) is 10.0 Å². The van der Waals surface area contributed by atoms with Crippen LogP contribution >= 0.6 is 27.5 Å². The average Bonchev–Trinajstić information content (AvgIpc) is 2.23. The molecule has 1 unspecified atom stereocenters. The highest BCUT2D eigenvalue weighted by molar-refractivity contribution is 9.10. The van der Waals surface area contributed by atoms with Crippen LogP contribution in [0.3, 0.4) is 0 Å². The van der Waals surface area contributed by atoms with Crippen LogP contribution in [0.2, 0.25) is 5.02 Å². The van der Waals surface area contributed by atoms with Gasteiger partial charge in [-0.15, -0.1) is 0 Å². The van der Waals surface area contributed by atoms with Gasteiger partial charge in [0.15, 0.2) is 0 Å². The molecule has 3 N–H and O–H groups in total. The molecule has 0 saturated heterocycles. The SMILES string of the molecule is CC(O)(CO)CNCc1cc(Br)ccc1Cl. The number of hydrogen-bond acceptors (Lipinski definition) is 3. The van der Waals surface area contributed by atoms with Crippen molar-refractivity contribution in [2.24, 2.45) is 0 Å². The lowest BCUT2D eigenvalue weighted by atomic mass is 10.1. The van der Waals surface area contributed by atoms with E-state index in [4.69, 9.17) is 16.7 Å². The molecule has 0 fully saturated rings. The number of aliphatic hydroxyl groups is 2. The van der Waals surface area contributed by atoms with Gasteiger partial charge >= 0.3 is 0 Å². The van der Waals surface area contributed by atoms with Gasteiger partial charge in [0.1, 0.15) is 0 Å². The molecule has 0 spiro atoms. The highest BCUT2D eigenvalue weighted by Gasteiger charge is 2.17. The maximum absolute atomic E-state index is 9.57. The predicted octanol–water partition coefficient (Wildman–Crippen LogP) is 1.94. The lowest BCUT2D eigenvalue weighted by molar-refractivity contribution is 0.00254. The van der Waals surface area contributed by atoms with Crippen LogP contribution in [0.4, 0.5) is 0 Å². The fourth-order valence-electron chi connectivity index (χ4n) is 1.20. The number of nitrogens with one attached hydrogen (secondary N) is 1. The van der Waals surface area contributed by atoms with E-state index in [1.165, 1.54) is 0 Å². The van der Waals surface area contributed by atoms with Crippen molar-refractivity contribution in [1.82, 2.24) is 5.32 Å². The first-order valence-electron chi connectivity index (χ1n) is 4.92. The zero-order chi connectivity index (χ0) is 12.2. The van der Waals surface area contributed by atoms with Crippen LogP contribution in [0.1, 0.15) is 12.5 Å². The largest absolute Gasteiger partial charge is 0.393 e. The normalized spacial score (nSPS) is 14.8. The Balaban J connectivity index is 2.52.